The number of aromatic nitrogens is 5. The topological polar surface area (TPSA) is 80.9 Å². The van der Waals surface area contributed by atoms with Crippen LogP contribution in [0.3, 0.4) is 0 Å². The molecule has 0 spiro atoms. The summed E-state index contributed by atoms with van der Waals surface area (Å²) in [7, 11) is 1.92. The third-order valence-electron chi connectivity index (χ3n) is 4.98. The Labute approximate surface area is 157 Å². The van der Waals surface area contributed by atoms with Crippen LogP contribution in [0.1, 0.15) is 36.8 Å². The summed E-state index contributed by atoms with van der Waals surface area (Å²) in [5.41, 5.74) is 1.99. The largest absolute Gasteiger partial charge is 0.331 e. The van der Waals surface area contributed by atoms with E-state index < -0.39 is 0 Å². The van der Waals surface area contributed by atoms with Gasteiger partial charge in [0.1, 0.15) is 6.33 Å². The molecule has 2 amide bonds. The minimum absolute atomic E-state index is 0.0539. The Morgan fingerprint density at radius 1 is 1.19 bits per heavy atom. The number of carbonyl (C=O) groups excluding carboxylic acids is 1. The van der Waals surface area contributed by atoms with Crippen molar-refractivity contribution in [2.75, 3.05) is 6.54 Å². The molecule has 8 heteroatoms. The minimum atomic E-state index is -0.0801. The molecule has 1 unspecified atom stereocenters. The molecule has 1 aromatic carbocycles. The normalized spacial score (nSPS) is 17.1. The summed E-state index contributed by atoms with van der Waals surface area (Å²) >= 11 is 0. The van der Waals surface area contributed by atoms with Gasteiger partial charge in [-0.15, -0.1) is 0 Å². The highest BCUT2D eigenvalue weighted by Crippen LogP contribution is 2.30. The second-order valence-electron chi connectivity index (χ2n) is 6.67. The first-order chi connectivity index (χ1) is 13.2. The van der Waals surface area contributed by atoms with Gasteiger partial charge < -0.3 is 10.2 Å². The molecule has 0 radical (unpaired) electrons. The van der Waals surface area contributed by atoms with Crippen molar-refractivity contribution >= 4 is 6.03 Å². The fourth-order valence-electron chi connectivity index (χ4n) is 3.62. The van der Waals surface area contributed by atoms with E-state index in [0.29, 0.717) is 12.4 Å². The maximum Gasteiger partial charge on any atom is 0.318 e. The molecular weight excluding hydrogens is 342 g/mol. The molecule has 1 aliphatic heterocycles. The summed E-state index contributed by atoms with van der Waals surface area (Å²) in [5.74, 6) is 0.698. The SMILES string of the molecule is Cn1nccc1C1CCCCN1C(=O)NCc1ncnn1-c1ccccc1. The molecule has 27 heavy (non-hydrogen) atoms. The Morgan fingerprint density at radius 3 is 2.81 bits per heavy atom. The Bertz CT molecular complexity index is 902. The van der Waals surface area contributed by atoms with Crippen LogP contribution in [0, 0.1) is 0 Å². The Morgan fingerprint density at radius 2 is 2.04 bits per heavy atom. The van der Waals surface area contributed by atoms with Crippen molar-refractivity contribution in [2.45, 2.75) is 31.8 Å². The number of nitrogens with zero attached hydrogens (tertiary/aromatic N) is 6. The number of amides is 2. The number of hydrogen-bond donors (Lipinski definition) is 1. The van der Waals surface area contributed by atoms with Gasteiger partial charge in [0.15, 0.2) is 5.82 Å². The first kappa shape index (κ1) is 17.3. The number of urea groups is 1. The monoisotopic (exact) mass is 365 g/mol. The van der Waals surface area contributed by atoms with Gasteiger partial charge in [0.05, 0.1) is 24.0 Å². The lowest BCUT2D eigenvalue weighted by Gasteiger charge is -2.35. The van der Waals surface area contributed by atoms with Crippen molar-refractivity contribution < 1.29 is 4.79 Å². The molecule has 1 aliphatic rings. The van der Waals surface area contributed by atoms with Crippen LogP contribution in [-0.2, 0) is 13.6 Å². The number of nitrogens with one attached hydrogen (secondary N) is 1. The van der Waals surface area contributed by atoms with Gasteiger partial charge >= 0.3 is 6.03 Å². The highest BCUT2D eigenvalue weighted by atomic mass is 16.2. The molecule has 0 saturated carbocycles. The lowest BCUT2D eigenvalue weighted by atomic mass is 10.00. The Kier molecular flexibility index (Phi) is 4.86. The highest BCUT2D eigenvalue weighted by molar-refractivity contribution is 5.74. The summed E-state index contributed by atoms with van der Waals surface area (Å²) in [4.78, 5) is 19.1. The van der Waals surface area contributed by atoms with Crippen molar-refractivity contribution in [3.8, 4) is 5.69 Å². The van der Waals surface area contributed by atoms with Crippen LogP contribution in [0.2, 0.25) is 0 Å². The van der Waals surface area contributed by atoms with E-state index in [4.69, 9.17) is 0 Å². The van der Waals surface area contributed by atoms with E-state index in [1.165, 1.54) is 6.33 Å². The fraction of sp³-hybridized carbons (Fsp3) is 0.368. The molecule has 4 rings (SSSR count). The van der Waals surface area contributed by atoms with E-state index >= 15 is 0 Å². The number of benzene rings is 1. The van der Waals surface area contributed by atoms with Gasteiger partial charge in [0.2, 0.25) is 0 Å². The average molecular weight is 365 g/mol. The Balaban J connectivity index is 1.46. The average Bonchev–Trinajstić information content (AvgIpc) is 3.35. The van der Waals surface area contributed by atoms with E-state index in [-0.39, 0.29) is 12.1 Å². The maximum atomic E-state index is 12.9. The summed E-state index contributed by atoms with van der Waals surface area (Å²) in [6, 6.07) is 11.7. The lowest BCUT2D eigenvalue weighted by Crippen LogP contribution is -2.45. The van der Waals surface area contributed by atoms with Gasteiger partial charge in [-0.1, -0.05) is 18.2 Å². The number of hydrogen-bond acceptors (Lipinski definition) is 4. The first-order valence-electron chi connectivity index (χ1n) is 9.21. The molecule has 0 aliphatic carbocycles. The molecule has 1 N–H and O–H groups in total. The number of piperidine rings is 1. The van der Waals surface area contributed by atoms with Crippen molar-refractivity contribution in [2.24, 2.45) is 7.05 Å². The predicted octanol–water partition coefficient (Wildman–Crippen LogP) is 2.44. The van der Waals surface area contributed by atoms with Crippen molar-refractivity contribution in [3.05, 3.63) is 60.4 Å². The predicted molar refractivity (Wildman–Crippen MR) is 100 cm³/mol. The van der Waals surface area contributed by atoms with Gasteiger partial charge in [0, 0.05) is 19.8 Å². The minimum Gasteiger partial charge on any atom is -0.331 e. The van der Waals surface area contributed by atoms with E-state index in [1.807, 2.05) is 53.0 Å². The van der Waals surface area contributed by atoms with Crippen LogP contribution in [0.15, 0.2) is 48.9 Å². The second-order valence-corrected chi connectivity index (χ2v) is 6.67. The van der Waals surface area contributed by atoms with Crippen LogP contribution in [-0.4, -0.2) is 42.0 Å². The number of para-hydroxylation sites is 1. The third-order valence-corrected chi connectivity index (χ3v) is 4.98. The lowest BCUT2D eigenvalue weighted by molar-refractivity contribution is 0.147. The van der Waals surface area contributed by atoms with Gasteiger partial charge in [-0.2, -0.15) is 10.2 Å². The highest BCUT2D eigenvalue weighted by Gasteiger charge is 2.29. The number of carbonyl (C=O) groups is 1. The summed E-state index contributed by atoms with van der Waals surface area (Å²) < 4.78 is 3.59. The van der Waals surface area contributed by atoms with E-state index in [0.717, 1.165) is 37.2 Å². The zero-order chi connectivity index (χ0) is 18.6. The van der Waals surface area contributed by atoms with E-state index in [9.17, 15) is 4.79 Å². The van der Waals surface area contributed by atoms with Crippen molar-refractivity contribution in [1.29, 1.82) is 0 Å². The second kappa shape index (κ2) is 7.61. The van der Waals surface area contributed by atoms with Crippen LogP contribution in [0.25, 0.3) is 5.69 Å². The molecule has 8 nitrogen and oxygen atoms in total. The number of rotatable bonds is 4. The zero-order valence-corrected chi connectivity index (χ0v) is 15.3. The molecule has 3 heterocycles. The molecule has 3 aromatic rings. The molecule has 0 bridgehead atoms. The molecule has 2 aromatic heterocycles. The number of likely N-dealkylation sites (tertiary alicyclic amines) is 1. The van der Waals surface area contributed by atoms with Crippen LogP contribution in [0.4, 0.5) is 4.79 Å². The van der Waals surface area contributed by atoms with E-state index in [1.54, 1.807) is 10.9 Å². The quantitative estimate of drug-likeness (QED) is 0.770. The zero-order valence-electron chi connectivity index (χ0n) is 15.3. The number of aryl methyl sites for hydroxylation is 1. The smallest absolute Gasteiger partial charge is 0.318 e. The summed E-state index contributed by atoms with van der Waals surface area (Å²) in [6.07, 6.45) is 6.37. The van der Waals surface area contributed by atoms with Gasteiger partial charge in [0.25, 0.3) is 0 Å². The van der Waals surface area contributed by atoms with Crippen LogP contribution in [0.5, 0.6) is 0 Å². The first-order valence-corrected chi connectivity index (χ1v) is 9.21. The van der Waals surface area contributed by atoms with Crippen molar-refractivity contribution in [1.82, 2.24) is 34.8 Å². The molecule has 1 atom stereocenters. The maximum absolute atomic E-state index is 12.9. The van der Waals surface area contributed by atoms with Gasteiger partial charge in [-0.3, -0.25) is 4.68 Å². The standard InChI is InChI=1S/C19H23N7O/c1-24-16(10-11-22-24)17-9-5-6-12-25(17)19(27)20-13-18-21-14-23-26(18)15-7-3-2-4-8-15/h2-4,7-8,10-11,14,17H,5-6,9,12-13H2,1H3,(H,20,27). The van der Waals surface area contributed by atoms with Crippen LogP contribution >= 0.6 is 0 Å². The fourth-order valence-corrected chi connectivity index (χ4v) is 3.62. The molecule has 1 fully saturated rings. The van der Waals surface area contributed by atoms with Gasteiger partial charge in [-0.25, -0.2) is 14.5 Å². The van der Waals surface area contributed by atoms with E-state index in [2.05, 4.69) is 20.5 Å². The molecule has 1 saturated heterocycles. The summed E-state index contributed by atoms with van der Waals surface area (Å²) in [6.45, 7) is 1.06. The van der Waals surface area contributed by atoms with Crippen molar-refractivity contribution in [3.63, 3.8) is 0 Å². The molecular formula is C19H23N7O. The molecule has 140 valence electrons. The Hall–Kier alpha value is -3.16. The third kappa shape index (κ3) is 3.55. The van der Waals surface area contributed by atoms with Crippen LogP contribution < -0.4 is 5.32 Å². The van der Waals surface area contributed by atoms with Gasteiger partial charge in [-0.05, 0) is 37.5 Å². The summed E-state index contributed by atoms with van der Waals surface area (Å²) in [5, 5.41) is 11.5.